The SMILES string of the molecule is O=C(NCCC1CCCO1)c1ccc(Cl)cc1Br. The fourth-order valence-corrected chi connectivity index (χ4v) is 2.85. The minimum absolute atomic E-state index is 0.0865. The van der Waals surface area contributed by atoms with E-state index in [1.165, 1.54) is 0 Å². The van der Waals surface area contributed by atoms with Gasteiger partial charge in [0.25, 0.3) is 5.91 Å². The van der Waals surface area contributed by atoms with Crippen molar-refractivity contribution in [1.29, 1.82) is 0 Å². The maximum Gasteiger partial charge on any atom is 0.252 e. The lowest BCUT2D eigenvalue weighted by atomic mass is 10.1. The van der Waals surface area contributed by atoms with Crippen LogP contribution in [0, 0.1) is 0 Å². The van der Waals surface area contributed by atoms with Crippen LogP contribution in [-0.4, -0.2) is 25.2 Å². The van der Waals surface area contributed by atoms with Crippen molar-refractivity contribution in [1.82, 2.24) is 5.32 Å². The van der Waals surface area contributed by atoms with Crippen LogP contribution in [0.2, 0.25) is 5.02 Å². The van der Waals surface area contributed by atoms with Gasteiger partial charge >= 0.3 is 0 Å². The number of carbonyl (C=O) groups is 1. The second-order valence-corrected chi connectivity index (χ2v) is 5.59. The van der Waals surface area contributed by atoms with Gasteiger partial charge in [0.2, 0.25) is 0 Å². The summed E-state index contributed by atoms with van der Waals surface area (Å²) in [6.07, 6.45) is 3.40. The molecule has 98 valence electrons. The Labute approximate surface area is 120 Å². The van der Waals surface area contributed by atoms with Crippen molar-refractivity contribution in [3.63, 3.8) is 0 Å². The van der Waals surface area contributed by atoms with Crippen LogP contribution in [0.4, 0.5) is 0 Å². The Hall–Kier alpha value is -0.580. The summed E-state index contributed by atoms with van der Waals surface area (Å²) in [5, 5.41) is 3.50. The molecule has 0 spiro atoms. The predicted octanol–water partition coefficient (Wildman–Crippen LogP) is 3.40. The van der Waals surface area contributed by atoms with Gasteiger partial charge in [-0.2, -0.15) is 0 Å². The molecule has 0 bridgehead atoms. The van der Waals surface area contributed by atoms with Gasteiger partial charge < -0.3 is 10.1 Å². The number of carbonyl (C=O) groups excluding carboxylic acids is 1. The highest BCUT2D eigenvalue weighted by molar-refractivity contribution is 9.10. The molecule has 1 unspecified atom stereocenters. The highest BCUT2D eigenvalue weighted by Gasteiger charge is 2.16. The van der Waals surface area contributed by atoms with Crippen molar-refractivity contribution in [2.24, 2.45) is 0 Å². The quantitative estimate of drug-likeness (QED) is 0.917. The number of hydrogen-bond donors (Lipinski definition) is 1. The molecule has 0 aromatic heterocycles. The average Bonchev–Trinajstić information content (AvgIpc) is 2.81. The fourth-order valence-electron chi connectivity index (χ4n) is 1.99. The third kappa shape index (κ3) is 3.70. The van der Waals surface area contributed by atoms with Gasteiger partial charge in [0.05, 0.1) is 11.7 Å². The topological polar surface area (TPSA) is 38.3 Å². The molecular formula is C13H15BrClNO2. The largest absolute Gasteiger partial charge is 0.378 e. The molecule has 5 heteroatoms. The Morgan fingerprint density at radius 1 is 1.56 bits per heavy atom. The van der Waals surface area contributed by atoms with Crippen LogP contribution in [0.25, 0.3) is 0 Å². The van der Waals surface area contributed by atoms with Crippen molar-refractivity contribution in [2.75, 3.05) is 13.2 Å². The zero-order chi connectivity index (χ0) is 13.0. The second-order valence-electron chi connectivity index (χ2n) is 4.30. The molecule has 1 aromatic carbocycles. The molecule has 0 radical (unpaired) electrons. The van der Waals surface area contributed by atoms with Gasteiger partial charge in [0.15, 0.2) is 0 Å². The average molecular weight is 333 g/mol. The van der Waals surface area contributed by atoms with E-state index in [1.54, 1.807) is 18.2 Å². The van der Waals surface area contributed by atoms with Crippen LogP contribution >= 0.6 is 27.5 Å². The molecule has 1 atom stereocenters. The van der Waals surface area contributed by atoms with Crippen LogP contribution in [0.15, 0.2) is 22.7 Å². The Bertz CT molecular complexity index is 433. The standard InChI is InChI=1S/C13H15BrClNO2/c14-12-8-9(15)3-4-11(12)13(17)16-6-5-10-2-1-7-18-10/h3-4,8,10H,1-2,5-7H2,(H,16,17). The van der Waals surface area contributed by atoms with E-state index in [-0.39, 0.29) is 5.91 Å². The van der Waals surface area contributed by atoms with E-state index in [2.05, 4.69) is 21.2 Å². The second kappa shape index (κ2) is 6.55. The molecule has 2 rings (SSSR count). The van der Waals surface area contributed by atoms with E-state index in [0.29, 0.717) is 27.7 Å². The smallest absolute Gasteiger partial charge is 0.252 e. The zero-order valence-corrected chi connectivity index (χ0v) is 12.3. The Kier molecular flexibility index (Phi) is 5.03. The van der Waals surface area contributed by atoms with E-state index in [1.807, 2.05) is 0 Å². The molecule has 0 saturated carbocycles. The normalized spacial score (nSPS) is 18.9. The van der Waals surface area contributed by atoms with Crippen LogP contribution in [0.5, 0.6) is 0 Å². The van der Waals surface area contributed by atoms with Crippen LogP contribution in [-0.2, 0) is 4.74 Å². The first-order valence-corrected chi connectivity index (χ1v) is 7.19. The molecule has 1 aliphatic rings. The predicted molar refractivity (Wildman–Crippen MR) is 75.1 cm³/mol. The Morgan fingerprint density at radius 2 is 2.39 bits per heavy atom. The van der Waals surface area contributed by atoms with E-state index in [0.717, 1.165) is 25.9 Å². The van der Waals surface area contributed by atoms with Gasteiger partial charge in [-0.05, 0) is 53.4 Å². The summed E-state index contributed by atoms with van der Waals surface area (Å²) in [7, 11) is 0. The van der Waals surface area contributed by atoms with Gasteiger partial charge in [0.1, 0.15) is 0 Å². The zero-order valence-electron chi connectivity index (χ0n) is 9.92. The van der Waals surface area contributed by atoms with Crippen molar-refractivity contribution in [3.8, 4) is 0 Å². The van der Waals surface area contributed by atoms with E-state index >= 15 is 0 Å². The fraction of sp³-hybridized carbons (Fsp3) is 0.462. The first kappa shape index (κ1) is 13.8. The van der Waals surface area contributed by atoms with Crippen LogP contribution < -0.4 is 5.32 Å². The van der Waals surface area contributed by atoms with Crippen LogP contribution in [0.3, 0.4) is 0 Å². The molecule has 1 aromatic rings. The van der Waals surface area contributed by atoms with Crippen molar-refractivity contribution >= 4 is 33.4 Å². The summed E-state index contributed by atoms with van der Waals surface area (Å²) in [5.41, 5.74) is 0.603. The Balaban J connectivity index is 1.83. The molecule has 1 amide bonds. The number of amides is 1. The lowest BCUT2D eigenvalue weighted by molar-refractivity contribution is 0.0906. The maximum absolute atomic E-state index is 11.9. The number of halogens is 2. The van der Waals surface area contributed by atoms with Gasteiger partial charge in [-0.15, -0.1) is 0 Å². The number of ether oxygens (including phenoxy) is 1. The molecule has 1 heterocycles. The highest BCUT2D eigenvalue weighted by Crippen LogP contribution is 2.21. The minimum Gasteiger partial charge on any atom is -0.378 e. The number of benzene rings is 1. The summed E-state index contributed by atoms with van der Waals surface area (Å²) in [4.78, 5) is 11.9. The van der Waals surface area contributed by atoms with Gasteiger partial charge in [-0.1, -0.05) is 11.6 Å². The molecule has 1 fully saturated rings. The first-order valence-electron chi connectivity index (χ1n) is 6.01. The monoisotopic (exact) mass is 331 g/mol. The van der Waals surface area contributed by atoms with Crippen LogP contribution in [0.1, 0.15) is 29.6 Å². The number of rotatable bonds is 4. The van der Waals surface area contributed by atoms with Crippen molar-refractivity contribution in [2.45, 2.75) is 25.4 Å². The molecule has 3 nitrogen and oxygen atoms in total. The molecule has 1 N–H and O–H groups in total. The molecule has 1 saturated heterocycles. The van der Waals surface area contributed by atoms with Gasteiger partial charge in [-0.25, -0.2) is 0 Å². The van der Waals surface area contributed by atoms with Crippen molar-refractivity contribution < 1.29 is 9.53 Å². The molecular weight excluding hydrogens is 318 g/mol. The molecule has 18 heavy (non-hydrogen) atoms. The highest BCUT2D eigenvalue weighted by atomic mass is 79.9. The number of hydrogen-bond acceptors (Lipinski definition) is 2. The van der Waals surface area contributed by atoms with E-state index in [9.17, 15) is 4.79 Å². The summed E-state index contributed by atoms with van der Waals surface area (Å²) in [6.45, 7) is 1.49. The lowest BCUT2D eigenvalue weighted by Gasteiger charge is -2.10. The number of nitrogens with one attached hydrogen (secondary N) is 1. The van der Waals surface area contributed by atoms with E-state index in [4.69, 9.17) is 16.3 Å². The molecule has 0 aliphatic carbocycles. The minimum atomic E-state index is -0.0865. The Morgan fingerprint density at radius 3 is 3.06 bits per heavy atom. The van der Waals surface area contributed by atoms with Gasteiger partial charge in [-0.3, -0.25) is 4.79 Å². The third-order valence-corrected chi connectivity index (χ3v) is 3.84. The summed E-state index contributed by atoms with van der Waals surface area (Å²) < 4.78 is 6.21. The summed E-state index contributed by atoms with van der Waals surface area (Å²) in [5.74, 6) is -0.0865. The maximum atomic E-state index is 11.9. The third-order valence-electron chi connectivity index (χ3n) is 2.95. The summed E-state index contributed by atoms with van der Waals surface area (Å²) >= 11 is 9.17. The van der Waals surface area contributed by atoms with Crippen molar-refractivity contribution in [3.05, 3.63) is 33.3 Å². The first-order chi connectivity index (χ1) is 8.66. The van der Waals surface area contributed by atoms with Gasteiger partial charge in [0, 0.05) is 22.6 Å². The molecule has 1 aliphatic heterocycles. The lowest BCUT2D eigenvalue weighted by Crippen LogP contribution is -2.27. The van der Waals surface area contributed by atoms with E-state index < -0.39 is 0 Å². The summed E-state index contributed by atoms with van der Waals surface area (Å²) in [6, 6.07) is 5.14.